The minimum atomic E-state index is -0.260. The second-order valence-corrected chi connectivity index (χ2v) is 1.92. The maximum atomic E-state index is 11.7. The Morgan fingerprint density at radius 2 is 1.70 bits per heavy atom. The Labute approximate surface area is 59.8 Å². The summed E-state index contributed by atoms with van der Waals surface area (Å²) in [7, 11) is 0. The lowest BCUT2D eigenvalue weighted by Crippen LogP contribution is -1.83. The van der Waals surface area contributed by atoms with Gasteiger partial charge < -0.3 is 5.48 Å². The molecule has 1 rings (SSSR count). The van der Waals surface area contributed by atoms with Crippen LogP contribution in [0.1, 0.15) is 5.56 Å². The van der Waals surface area contributed by atoms with Crippen molar-refractivity contribution in [2.75, 3.05) is 6.67 Å². The van der Waals surface area contributed by atoms with Crippen molar-refractivity contribution in [3.63, 3.8) is 0 Å². The molecular formula is C8H11FO. The van der Waals surface area contributed by atoms with Gasteiger partial charge in [-0.3, -0.25) is 4.39 Å². The summed E-state index contributed by atoms with van der Waals surface area (Å²) in [6.07, 6.45) is 0.542. The van der Waals surface area contributed by atoms with Crippen molar-refractivity contribution < 1.29 is 9.87 Å². The zero-order valence-electron chi connectivity index (χ0n) is 5.68. The van der Waals surface area contributed by atoms with Gasteiger partial charge in [0, 0.05) is 6.42 Å². The maximum absolute atomic E-state index is 11.7. The van der Waals surface area contributed by atoms with E-state index in [0.29, 0.717) is 6.42 Å². The largest absolute Gasteiger partial charge is 0.412 e. The SMILES string of the molecule is FCCc1ccccc1.O. The van der Waals surface area contributed by atoms with E-state index in [1.54, 1.807) is 0 Å². The molecule has 0 heterocycles. The van der Waals surface area contributed by atoms with E-state index >= 15 is 0 Å². The van der Waals surface area contributed by atoms with Crippen molar-refractivity contribution in [1.29, 1.82) is 0 Å². The molecule has 0 aliphatic carbocycles. The summed E-state index contributed by atoms with van der Waals surface area (Å²) < 4.78 is 11.7. The molecule has 0 saturated carbocycles. The first-order chi connectivity index (χ1) is 4.43. The highest BCUT2D eigenvalue weighted by molar-refractivity contribution is 5.14. The molecule has 2 N–H and O–H groups in total. The summed E-state index contributed by atoms with van der Waals surface area (Å²) in [6, 6.07) is 9.64. The molecule has 0 atom stereocenters. The first kappa shape index (κ1) is 9.11. The zero-order valence-corrected chi connectivity index (χ0v) is 5.68. The van der Waals surface area contributed by atoms with E-state index in [1.807, 2.05) is 30.3 Å². The van der Waals surface area contributed by atoms with E-state index in [9.17, 15) is 4.39 Å². The lowest BCUT2D eigenvalue weighted by atomic mass is 10.2. The molecule has 0 saturated heterocycles. The first-order valence-electron chi connectivity index (χ1n) is 3.03. The highest BCUT2D eigenvalue weighted by atomic mass is 19.1. The molecule has 1 aromatic rings. The van der Waals surface area contributed by atoms with Crippen LogP contribution in [-0.4, -0.2) is 12.2 Å². The van der Waals surface area contributed by atoms with Gasteiger partial charge in [-0.25, -0.2) is 0 Å². The topological polar surface area (TPSA) is 31.5 Å². The monoisotopic (exact) mass is 142 g/mol. The van der Waals surface area contributed by atoms with Gasteiger partial charge in [-0.15, -0.1) is 0 Å². The molecule has 0 unspecified atom stereocenters. The Balaban J connectivity index is 0.000000810. The fourth-order valence-corrected chi connectivity index (χ4v) is 0.754. The van der Waals surface area contributed by atoms with Crippen molar-refractivity contribution >= 4 is 0 Å². The number of alkyl halides is 1. The fourth-order valence-electron chi connectivity index (χ4n) is 0.754. The molecule has 0 amide bonds. The predicted octanol–water partition coefficient (Wildman–Crippen LogP) is 1.37. The molecule has 1 aromatic carbocycles. The predicted molar refractivity (Wildman–Crippen MR) is 39.7 cm³/mol. The summed E-state index contributed by atoms with van der Waals surface area (Å²) in [5.74, 6) is 0. The minimum absolute atomic E-state index is 0. The van der Waals surface area contributed by atoms with Crippen molar-refractivity contribution in [1.82, 2.24) is 0 Å². The standard InChI is InChI=1S/C8H9F.H2O/c9-7-6-8-4-2-1-3-5-8;/h1-5H,6-7H2;1H2. The smallest absolute Gasteiger partial charge is 0.0934 e. The number of aryl methyl sites for hydroxylation is 1. The van der Waals surface area contributed by atoms with Gasteiger partial charge in [-0.05, 0) is 5.56 Å². The number of benzene rings is 1. The molecule has 0 spiro atoms. The van der Waals surface area contributed by atoms with Crippen LogP contribution in [0.25, 0.3) is 0 Å². The van der Waals surface area contributed by atoms with Crippen LogP contribution in [0.15, 0.2) is 30.3 Å². The summed E-state index contributed by atoms with van der Waals surface area (Å²) in [6.45, 7) is -0.260. The summed E-state index contributed by atoms with van der Waals surface area (Å²) in [4.78, 5) is 0. The van der Waals surface area contributed by atoms with E-state index < -0.39 is 0 Å². The molecule has 0 aliphatic heterocycles. The van der Waals surface area contributed by atoms with Crippen LogP contribution in [0.4, 0.5) is 4.39 Å². The number of halogens is 1. The summed E-state index contributed by atoms with van der Waals surface area (Å²) in [5.41, 5.74) is 1.07. The second-order valence-electron chi connectivity index (χ2n) is 1.92. The van der Waals surface area contributed by atoms with E-state index in [0.717, 1.165) is 5.56 Å². The molecule has 56 valence electrons. The zero-order chi connectivity index (χ0) is 6.53. The van der Waals surface area contributed by atoms with Gasteiger partial charge in [-0.2, -0.15) is 0 Å². The highest BCUT2D eigenvalue weighted by Crippen LogP contribution is 1.98. The molecule has 0 fully saturated rings. The molecule has 10 heavy (non-hydrogen) atoms. The molecule has 0 aliphatic rings. The van der Waals surface area contributed by atoms with E-state index in [-0.39, 0.29) is 12.2 Å². The molecule has 0 aromatic heterocycles. The van der Waals surface area contributed by atoms with Gasteiger partial charge in [0.05, 0.1) is 6.67 Å². The number of hydrogen-bond acceptors (Lipinski definition) is 0. The Morgan fingerprint density at radius 3 is 2.20 bits per heavy atom. The highest BCUT2D eigenvalue weighted by Gasteiger charge is 1.86. The van der Waals surface area contributed by atoms with Crippen LogP contribution >= 0.6 is 0 Å². The second kappa shape index (κ2) is 4.94. The lowest BCUT2D eigenvalue weighted by Gasteiger charge is -1.92. The lowest BCUT2D eigenvalue weighted by molar-refractivity contribution is 0.495. The molecule has 2 heteroatoms. The van der Waals surface area contributed by atoms with Gasteiger partial charge in [-0.1, -0.05) is 30.3 Å². The van der Waals surface area contributed by atoms with Crippen molar-refractivity contribution in [3.05, 3.63) is 35.9 Å². The van der Waals surface area contributed by atoms with Crippen LogP contribution in [0.2, 0.25) is 0 Å². The van der Waals surface area contributed by atoms with Gasteiger partial charge in [0.1, 0.15) is 0 Å². The third-order valence-electron chi connectivity index (χ3n) is 1.23. The normalized spacial score (nSPS) is 8.50. The van der Waals surface area contributed by atoms with E-state index in [1.165, 1.54) is 0 Å². The van der Waals surface area contributed by atoms with Crippen molar-refractivity contribution in [2.24, 2.45) is 0 Å². The molecule has 0 radical (unpaired) electrons. The number of rotatable bonds is 2. The van der Waals surface area contributed by atoms with Crippen LogP contribution in [0, 0.1) is 0 Å². The Hall–Kier alpha value is -0.890. The molecular weight excluding hydrogens is 131 g/mol. The maximum Gasteiger partial charge on any atom is 0.0934 e. The van der Waals surface area contributed by atoms with E-state index in [2.05, 4.69) is 0 Å². The summed E-state index contributed by atoms with van der Waals surface area (Å²) in [5, 5.41) is 0. The van der Waals surface area contributed by atoms with Crippen LogP contribution < -0.4 is 0 Å². The third-order valence-corrected chi connectivity index (χ3v) is 1.23. The van der Waals surface area contributed by atoms with Crippen molar-refractivity contribution in [3.8, 4) is 0 Å². The van der Waals surface area contributed by atoms with Crippen LogP contribution in [0.3, 0.4) is 0 Å². The Bertz CT molecular complexity index is 162. The Kier molecular flexibility index (Phi) is 4.50. The van der Waals surface area contributed by atoms with Gasteiger partial charge in [0.25, 0.3) is 0 Å². The van der Waals surface area contributed by atoms with Gasteiger partial charge in [0.15, 0.2) is 0 Å². The van der Waals surface area contributed by atoms with Gasteiger partial charge >= 0.3 is 0 Å². The summed E-state index contributed by atoms with van der Waals surface area (Å²) >= 11 is 0. The fraction of sp³-hybridized carbons (Fsp3) is 0.250. The van der Waals surface area contributed by atoms with Crippen LogP contribution in [-0.2, 0) is 6.42 Å². The molecule has 0 bridgehead atoms. The molecule has 1 nitrogen and oxygen atoms in total. The first-order valence-corrected chi connectivity index (χ1v) is 3.03. The van der Waals surface area contributed by atoms with Crippen molar-refractivity contribution in [2.45, 2.75) is 6.42 Å². The average molecular weight is 142 g/mol. The average Bonchev–Trinajstić information content (AvgIpc) is 1.91. The van der Waals surface area contributed by atoms with Gasteiger partial charge in [0.2, 0.25) is 0 Å². The van der Waals surface area contributed by atoms with E-state index in [4.69, 9.17) is 0 Å². The Morgan fingerprint density at radius 1 is 1.10 bits per heavy atom. The van der Waals surface area contributed by atoms with Crippen LogP contribution in [0.5, 0.6) is 0 Å². The quantitative estimate of drug-likeness (QED) is 0.597. The minimum Gasteiger partial charge on any atom is -0.412 e. The third kappa shape index (κ3) is 2.60. The number of hydrogen-bond donors (Lipinski definition) is 0.